The molecule has 32 heavy (non-hydrogen) atoms. The van der Waals surface area contributed by atoms with E-state index >= 15 is 0 Å². The van der Waals surface area contributed by atoms with E-state index in [1.165, 1.54) is 4.90 Å². The van der Waals surface area contributed by atoms with Crippen LogP contribution in [0.1, 0.15) is 51.4 Å². The number of rotatable bonds is 3. The van der Waals surface area contributed by atoms with Crippen molar-refractivity contribution < 1.29 is 32.3 Å². The second-order valence-electron chi connectivity index (χ2n) is 8.66. The molecule has 12 heteroatoms. The molecule has 3 rings (SSSR count). The van der Waals surface area contributed by atoms with Gasteiger partial charge in [0.25, 0.3) is 11.8 Å². The average molecular weight is 471 g/mol. The van der Waals surface area contributed by atoms with Gasteiger partial charge >= 0.3 is 6.09 Å². The maximum atomic E-state index is 13.1. The third-order valence-corrected chi connectivity index (χ3v) is 6.68. The number of sulfonamides is 1. The second kappa shape index (κ2) is 9.47. The van der Waals surface area contributed by atoms with Gasteiger partial charge in [0.1, 0.15) is 11.6 Å². The largest absolute Gasteiger partial charge is 0.436 e. The predicted molar refractivity (Wildman–Crippen MR) is 113 cm³/mol. The van der Waals surface area contributed by atoms with Gasteiger partial charge in [-0.05, 0) is 44.9 Å². The Morgan fingerprint density at radius 3 is 2.66 bits per heavy atom. The topological polar surface area (TPSA) is 165 Å². The first-order chi connectivity index (χ1) is 15.0. The zero-order valence-electron chi connectivity index (χ0n) is 18.0. The third-order valence-electron chi connectivity index (χ3n) is 6.12. The molecule has 1 saturated carbocycles. The van der Waals surface area contributed by atoms with Crippen LogP contribution in [-0.2, 0) is 29.1 Å². The molecule has 0 radical (unpaired) electrons. The van der Waals surface area contributed by atoms with Crippen LogP contribution >= 0.6 is 0 Å². The first-order valence-electron chi connectivity index (χ1n) is 10.8. The summed E-state index contributed by atoms with van der Waals surface area (Å²) in [5.74, 6) is -2.16. The zero-order valence-corrected chi connectivity index (χ0v) is 18.9. The van der Waals surface area contributed by atoms with Gasteiger partial charge in [0.2, 0.25) is 15.9 Å². The minimum atomic E-state index is -3.81. The van der Waals surface area contributed by atoms with E-state index in [2.05, 4.69) is 5.32 Å². The molecule has 1 aliphatic carbocycles. The Balaban J connectivity index is 1.86. The fourth-order valence-corrected chi connectivity index (χ4v) is 4.95. The van der Waals surface area contributed by atoms with Crippen LogP contribution in [0.15, 0.2) is 12.2 Å². The first kappa shape index (κ1) is 24.0. The lowest BCUT2D eigenvalue weighted by Crippen LogP contribution is -2.57. The highest BCUT2D eigenvalue weighted by Gasteiger charge is 2.61. The van der Waals surface area contributed by atoms with Crippen LogP contribution in [0, 0.1) is 5.92 Å². The Labute approximate surface area is 187 Å². The van der Waals surface area contributed by atoms with Crippen LogP contribution < -0.4 is 15.8 Å². The Hall–Kier alpha value is -2.63. The van der Waals surface area contributed by atoms with E-state index in [4.69, 9.17) is 10.5 Å². The molecule has 4 atom stereocenters. The molecule has 0 aromatic carbocycles. The number of allylic oxidation sites excluding steroid dienone is 1. The van der Waals surface area contributed by atoms with E-state index in [-0.39, 0.29) is 12.3 Å². The first-order valence-corrected chi connectivity index (χ1v) is 12.7. The summed E-state index contributed by atoms with van der Waals surface area (Å²) in [6, 6.07) is -0.847. The van der Waals surface area contributed by atoms with Gasteiger partial charge in [-0.2, -0.15) is 0 Å². The summed E-state index contributed by atoms with van der Waals surface area (Å²) in [6.07, 6.45) is 7.00. The second-order valence-corrected chi connectivity index (χ2v) is 10.4. The number of nitrogens with one attached hydrogen (secondary N) is 2. The zero-order chi connectivity index (χ0) is 23.5. The van der Waals surface area contributed by atoms with Gasteiger partial charge in [-0.1, -0.05) is 18.6 Å². The number of hydrogen-bond donors (Lipinski definition) is 3. The van der Waals surface area contributed by atoms with Crippen molar-refractivity contribution in [1.29, 1.82) is 0 Å². The molecule has 2 aliphatic heterocycles. The van der Waals surface area contributed by atoms with Crippen LogP contribution in [0.4, 0.5) is 4.79 Å². The van der Waals surface area contributed by atoms with Crippen LogP contribution in [0.25, 0.3) is 0 Å². The monoisotopic (exact) mass is 470 g/mol. The molecule has 0 spiro atoms. The molecule has 4 unspecified atom stereocenters. The van der Waals surface area contributed by atoms with E-state index in [0.717, 1.165) is 25.5 Å². The lowest BCUT2D eigenvalue weighted by atomic mass is 10.1. The van der Waals surface area contributed by atoms with Crippen molar-refractivity contribution in [2.24, 2.45) is 11.7 Å². The van der Waals surface area contributed by atoms with Crippen molar-refractivity contribution in [3.05, 3.63) is 12.2 Å². The number of primary amides is 1. The molecule has 3 aliphatic rings. The highest BCUT2D eigenvalue weighted by molar-refractivity contribution is 7.89. The standard InChI is InChI=1S/C20H30N4O7S/c1-32(29,30)23-18(27)20-12-13(20)8-5-3-2-4-6-10-15(31-19(21)28)17(26)24-11-7-9-14(24)16(25)22-20/h5,8,13-15H,2-4,6-7,9-12H2,1H3,(H2,21,28)(H,22,25)(H,23,27). The lowest BCUT2D eigenvalue weighted by Gasteiger charge is -2.29. The quantitative estimate of drug-likeness (QED) is 0.485. The van der Waals surface area contributed by atoms with Crippen molar-refractivity contribution in [1.82, 2.24) is 14.9 Å². The molecule has 4 N–H and O–H groups in total. The number of carbonyl (C=O) groups is 4. The number of carbonyl (C=O) groups excluding carboxylic acids is 4. The molecular weight excluding hydrogens is 440 g/mol. The summed E-state index contributed by atoms with van der Waals surface area (Å²) in [5.41, 5.74) is 3.77. The smallest absolute Gasteiger partial charge is 0.405 e. The predicted octanol–water partition coefficient (Wildman–Crippen LogP) is -0.0877. The normalized spacial score (nSPS) is 31.4. The molecule has 0 bridgehead atoms. The molecule has 11 nitrogen and oxygen atoms in total. The van der Waals surface area contributed by atoms with Crippen LogP contribution in [0.5, 0.6) is 0 Å². The fraction of sp³-hybridized carbons (Fsp3) is 0.700. The van der Waals surface area contributed by atoms with Gasteiger partial charge in [0, 0.05) is 12.5 Å². The number of nitrogens with two attached hydrogens (primary N) is 1. The number of fused-ring (bicyclic) bond motifs is 2. The lowest BCUT2D eigenvalue weighted by molar-refractivity contribution is -0.146. The van der Waals surface area contributed by atoms with Gasteiger partial charge in [0.05, 0.1) is 6.26 Å². The van der Waals surface area contributed by atoms with Crippen molar-refractivity contribution in [2.75, 3.05) is 12.8 Å². The van der Waals surface area contributed by atoms with Crippen molar-refractivity contribution >= 4 is 33.8 Å². The van der Waals surface area contributed by atoms with Crippen LogP contribution in [0.2, 0.25) is 0 Å². The highest BCUT2D eigenvalue weighted by Crippen LogP contribution is 2.45. The minimum absolute atomic E-state index is 0.269. The summed E-state index contributed by atoms with van der Waals surface area (Å²) in [4.78, 5) is 51.6. The van der Waals surface area contributed by atoms with E-state index in [1.54, 1.807) is 0 Å². The van der Waals surface area contributed by atoms with Crippen molar-refractivity contribution in [3.63, 3.8) is 0 Å². The highest BCUT2D eigenvalue weighted by atomic mass is 32.2. The van der Waals surface area contributed by atoms with E-state index in [0.29, 0.717) is 32.2 Å². The van der Waals surface area contributed by atoms with E-state index in [1.807, 2.05) is 16.9 Å². The van der Waals surface area contributed by atoms with Crippen molar-refractivity contribution in [3.8, 4) is 0 Å². The van der Waals surface area contributed by atoms with E-state index in [9.17, 15) is 27.6 Å². The summed E-state index contributed by atoms with van der Waals surface area (Å²) >= 11 is 0. The van der Waals surface area contributed by atoms with Gasteiger partial charge in [0.15, 0.2) is 6.10 Å². The Bertz CT molecular complexity index is 919. The Morgan fingerprint density at radius 2 is 1.97 bits per heavy atom. The molecule has 1 saturated heterocycles. The summed E-state index contributed by atoms with van der Waals surface area (Å²) in [7, 11) is -3.81. The molecule has 2 heterocycles. The maximum absolute atomic E-state index is 13.1. The Morgan fingerprint density at radius 1 is 1.22 bits per heavy atom. The molecular formula is C20H30N4O7S. The summed E-state index contributed by atoms with van der Waals surface area (Å²) in [5, 5.41) is 2.71. The minimum Gasteiger partial charge on any atom is -0.436 e. The van der Waals surface area contributed by atoms with Gasteiger partial charge in [-0.15, -0.1) is 0 Å². The molecule has 0 aromatic rings. The molecule has 4 amide bonds. The van der Waals surface area contributed by atoms with Crippen LogP contribution in [-0.4, -0.2) is 67.6 Å². The summed E-state index contributed by atoms with van der Waals surface area (Å²) in [6.45, 7) is 0.307. The Kier molecular flexibility index (Phi) is 7.11. The van der Waals surface area contributed by atoms with Crippen LogP contribution in [0.3, 0.4) is 0 Å². The number of ether oxygens (including phenoxy) is 1. The van der Waals surface area contributed by atoms with Gasteiger partial charge < -0.3 is 20.7 Å². The van der Waals surface area contributed by atoms with Gasteiger partial charge in [-0.25, -0.2) is 13.2 Å². The molecule has 0 aromatic heterocycles. The number of nitrogens with zero attached hydrogens (tertiary/aromatic N) is 1. The maximum Gasteiger partial charge on any atom is 0.405 e. The summed E-state index contributed by atoms with van der Waals surface area (Å²) < 4.78 is 30.2. The number of amides is 4. The van der Waals surface area contributed by atoms with E-state index < -0.39 is 51.5 Å². The third kappa shape index (κ3) is 5.59. The van der Waals surface area contributed by atoms with Crippen molar-refractivity contribution in [2.45, 2.75) is 69.1 Å². The number of hydrogen-bond acceptors (Lipinski definition) is 7. The fourth-order valence-electron chi connectivity index (χ4n) is 4.43. The van der Waals surface area contributed by atoms with Gasteiger partial charge in [-0.3, -0.25) is 19.1 Å². The SMILES string of the molecule is CS(=O)(=O)NC(=O)C12CC1C=CCCCCCC(OC(N)=O)C(=O)N1CCCC1C(=O)N2. The molecule has 2 fully saturated rings. The average Bonchev–Trinajstić information content (AvgIpc) is 3.15. The molecule has 178 valence electrons.